The Balaban J connectivity index is 2.00. The lowest BCUT2D eigenvalue weighted by Gasteiger charge is -2.09. The van der Waals surface area contributed by atoms with E-state index in [1.165, 1.54) is 12.3 Å². The maximum absolute atomic E-state index is 12.4. The van der Waals surface area contributed by atoms with Crippen molar-refractivity contribution in [2.75, 3.05) is 5.32 Å². The van der Waals surface area contributed by atoms with Crippen molar-refractivity contribution in [3.63, 3.8) is 0 Å². The summed E-state index contributed by atoms with van der Waals surface area (Å²) in [6.07, 6.45) is 1.38. The Bertz CT molecular complexity index is 983. The topological polar surface area (TPSA) is 82.2 Å². The SMILES string of the molecule is O=C(Nc1cc(O)c(Br)cc1Br)c1c[nH]c2ccccc2c1=O. The molecule has 0 aliphatic carbocycles. The van der Waals surface area contributed by atoms with Gasteiger partial charge in [0.25, 0.3) is 5.91 Å². The Kier molecular flexibility index (Phi) is 4.23. The van der Waals surface area contributed by atoms with Crippen molar-refractivity contribution in [1.29, 1.82) is 0 Å². The summed E-state index contributed by atoms with van der Waals surface area (Å²) >= 11 is 6.48. The molecule has 0 aliphatic heterocycles. The number of halogens is 2. The standard InChI is InChI=1S/C16H10Br2N2O3/c17-10-5-11(18)14(21)6-13(10)20-16(23)9-7-19-12-4-2-1-3-8(12)15(9)22/h1-7,21H,(H,19,22)(H,20,23). The van der Waals surface area contributed by atoms with E-state index in [4.69, 9.17) is 0 Å². The quantitative estimate of drug-likeness (QED) is 0.566. The molecule has 116 valence electrons. The number of phenols is 1. The molecule has 3 rings (SSSR count). The number of anilines is 1. The summed E-state index contributed by atoms with van der Waals surface area (Å²) in [6.45, 7) is 0. The minimum Gasteiger partial charge on any atom is -0.507 e. The molecule has 23 heavy (non-hydrogen) atoms. The van der Waals surface area contributed by atoms with Gasteiger partial charge in [0, 0.05) is 27.6 Å². The number of carbonyl (C=O) groups is 1. The molecule has 0 bridgehead atoms. The molecule has 0 aliphatic rings. The van der Waals surface area contributed by atoms with E-state index < -0.39 is 5.91 Å². The third-order valence-electron chi connectivity index (χ3n) is 3.32. The van der Waals surface area contributed by atoms with E-state index in [2.05, 4.69) is 42.2 Å². The number of hydrogen-bond donors (Lipinski definition) is 3. The fourth-order valence-electron chi connectivity index (χ4n) is 2.16. The lowest BCUT2D eigenvalue weighted by Crippen LogP contribution is -2.22. The summed E-state index contributed by atoms with van der Waals surface area (Å²) in [5.41, 5.74) is 0.673. The van der Waals surface area contributed by atoms with E-state index in [0.29, 0.717) is 25.5 Å². The van der Waals surface area contributed by atoms with Gasteiger partial charge in [-0.1, -0.05) is 12.1 Å². The normalized spacial score (nSPS) is 10.7. The number of phenolic OH excluding ortho intramolecular Hbond substituents is 1. The third kappa shape index (κ3) is 3.02. The molecule has 0 spiro atoms. The molecule has 0 saturated carbocycles. The highest BCUT2D eigenvalue weighted by molar-refractivity contribution is 9.11. The van der Waals surface area contributed by atoms with E-state index in [1.54, 1.807) is 30.3 Å². The Hall–Kier alpha value is -2.12. The van der Waals surface area contributed by atoms with Crippen LogP contribution in [0, 0.1) is 0 Å². The number of pyridine rings is 1. The van der Waals surface area contributed by atoms with Gasteiger partial charge in [-0.3, -0.25) is 9.59 Å². The van der Waals surface area contributed by atoms with Gasteiger partial charge in [-0.2, -0.15) is 0 Å². The van der Waals surface area contributed by atoms with E-state index in [1.807, 2.05) is 0 Å². The zero-order valence-electron chi connectivity index (χ0n) is 11.6. The summed E-state index contributed by atoms with van der Waals surface area (Å²) in [5.74, 6) is -0.574. The first-order valence-electron chi connectivity index (χ1n) is 6.57. The largest absolute Gasteiger partial charge is 0.507 e. The van der Waals surface area contributed by atoms with Crippen LogP contribution in [0.4, 0.5) is 5.69 Å². The molecule has 0 fully saturated rings. The number of benzene rings is 2. The Morgan fingerprint density at radius 1 is 1.13 bits per heavy atom. The van der Waals surface area contributed by atoms with Crippen LogP contribution in [0.5, 0.6) is 5.75 Å². The molecule has 0 unspecified atom stereocenters. The highest BCUT2D eigenvalue weighted by Crippen LogP contribution is 2.33. The summed E-state index contributed by atoms with van der Waals surface area (Å²) in [6, 6.07) is 9.97. The van der Waals surface area contributed by atoms with Crippen molar-refractivity contribution < 1.29 is 9.90 Å². The van der Waals surface area contributed by atoms with E-state index in [9.17, 15) is 14.7 Å². The lowest BCUT2D eigenvalue weighted by atomic mass is 10.1. The fraction of sp³-hybridized carbons (Fsp3) is 0. The molecule has 1 amide bonds. The molecule has 7 heteroatoms. The molecule has 1 aromatic heterocycles. The molecule has 0 atom stereocenters. The molecular weight excluding hydrogens is 428 g/mol. The monoisotopic (exact) mass is 436 g/mol. The first-order chi connectivity index (χ1) is 11.0. The predicted molar refractivity (Wildman–Crippen MR) is 96.0 cm³/mol. The third-order valence-corrected chi connectivity index (χ3v) is 4.61. The van der Waals surface area contributed by atoms with Crippen LogP contribution in [0.25, 0.3) is 10.9 Å². The van der Waals surface area contributed by atoms with Crippen LogP contribution >= 0.6 is 31.9 Å². The molecule has 0 saturated heterocycles. The van der Waals surface area contributed by atoms with Gasteiger partial charge in [-0.05, 0) is 50.1 Å². The maximum Gasteiger partial charge on any atom is 0.261 e. The number of H-pyrrole nitrogens is 1. The van der Waals surface area contributed by atoms with Gasteiger partial charge in [0.05, 0.1) is 10.2 Å². The average Bonchev–Trinajstić information content (AvgIpc) is 2.53. The smallest absolute Gasteiger partial charge is 0.261 e. The van der Waals surface area contributed by atoms with Gasteiger partial charge in [0.2, 0.25) is 5.43 Å². The Morgan fingerprint density at radius 3 is 2.65 bits per heavy atom. The van der Waals surface area contributed by atoms with E-state index in [-0.39, 0.29) is 16.7 Å². The maximum atomic E-state index is 12.4. The zero-order chi connectivity index (χ0) is 16.6. The van der Waals surface area contributed by atoms with Crippen LogP contribution in [0.1, 0.15) is 10.4 Å². The molecule has 3 N–H and O–H groups in total. The number of rotatable bonds is 2. The highest BCUT2D eigenvalue weighted by atomic mass is 79.9. The van der Waals surface area contributed by atoms with Gasteiger partial charge in [-0.25, -0.2) is 0 Å². The average molecular weight is 438 g/mol. The van der Waals surface area contributed by atoms with E-state index in [0.717, 1.165) is 0 Å². The lowest BCUT2D eigenvalue weighted by molar-refractivity contribution is 0.102. The first-order valence-corrected chi connectivity index (χ1v) is 8.16. The highest BCUT2D eigenvalue weighted by Gasteiger charge is 2.15. The fourth-order valence-corrected chi connectivity index (χ4v) is 3.25. The van der Waals surface area contributed by atoms with Crippen molar-refractivity contribution >= 4 is 54.4 Å². The van der Waals surface area contributed by atoms with Crippen LogP contribution in [0.2, 0.25) is 0 Å². The van der Waals surface area contributed by atoms with Crippen molar-refractivity contribution in [2.24, 2.45) is 0 Å². The number of amides is 1. The van der Waals surface area contributed by atoms with Crippen LogP contribution in [0.15, 0.2) is 56.3 Å². The van der Waals surface area contributed by atoms with Gasteiger partial charge in [0.1, 0.15) is 11.3 Å². The minimum absolute atomic E-state index is 0.00184. The van der Waals surface area contributed by atoms with E-state index >= 15 is 0 Å². The van der Waals surface area contributed by atoms with Crippen molar-refractivity contribution in [3.05, 3.63) is 67.3 Å². The zero-order valence-corrected chi connectivity index (χ0v) is 14.7. The second kappa shape index (κ2) is 6.17. The minimum atomic E-state index is -0.556. The van der Waals surface area contributed by atoms with Gasteiger partial charge in [0.15, 0.2) is 0 Å². The molecule has 5 nitrogen and oxygen atoms in total. The van der Waals surface area contributed by atoms with Crippen LogP contribution < -0.4 is 10.7 Å². The Labute approximate surface area is 147 Å². The van der Waals surface area contributed by atoms with Crippen LogP contribution in [-0.4, -0.2) is 16.0 Å². The first kappa shape index (κ1) is 15.8. The van der Waals surface area contributed by atoms with Crippen molar-refractivity contribution in [3.8, 4) is 5.75 Å². The number of fused-ring (bicyclic) bond motifs is 1. The van der Waals surface area contributed by atoms with Crippen molar-refractivity contribution in [1.82, 2.24) is 4.98 Å². The molecular formula is C16H10Br2N2O3. The number of carbonyl (C=O) groups excluding carboxylic acids is 1. The molecule has 3 aromatic rings. The van der Waals surface area contributed by atoms with Crippen LogP contribution in [0.3, 0.4) is 0 Å². The number of aromatic hydroxyl groups is 1. The number of nitrogens with one attached hydrogen (secondary N) is 2. The molecule has 1 heterocycles. The summed E-state index contributed by atoms with van der Waals surface area (Å²) in [4.78, 5) is 27.7. The summed E-state index contributed by atoms with van der Waals surface area (Å²) in [7, 11) is 0. The Morgan fingerprint density at radius 2 is 1.87 bits per heavy atom. The number of aromatic amines is 1. The summed E-state index contributed by atoms with van der Waals surface area (Å²) in [5, 5.41) is 12.8. The summed E-state index contributed by atoms with van der Waals surface area (Å²) < 4.78 is 1.07. The van der Waals surface area contributed by atoms with Gasteiger partial charge >= 0.3 is 0 Å². The second-order valence-electron chi connectivity index (χ2n) is 4.81. The predicted octanol–water partition coefficient (Wildman–Crippen LogP) is 4.01. The second-order valence-corrected chi connectivity index (χ2v) is 6.52. The van der Waals surface area contributed by atoms with Gasteiger partial charge in [-0.15, -0.1) is 0 Å². The number of para-hydroxylation sites is 1. The van der Waals surface area contributed by atoms with Crippen LogP contribution in [-0.2, 0) is 0 Å². The van der Waals surface area contributed by atoms with Gasteiger partial charge < -0.3 is 15.4 Å². The number of aromatic nitrogens is 1. The molecule has 2 aromatic carbocycles. The van der Waals surface area contributed by atoms with Crippen molar-refractivity contribution in [2.45, 2.75) is 0 Å². The molecule has 0 radical (unpaired) electrons. The number of hydrogen-bond acceptors (Lipinski definition) is 3.